The third-order valence-electron chi connectivity index (χ3n) is 5.66. The van der Waals surface area contributed by atoms with E-state index in [1.807, 2.05) is 37.3 Å². The van der Waals surface area contributed by atoms with Crippen LogP contribution in [-0.2, 0) is 4.79 Å². The molecule has 0 N–H and O–H groups in total. The molecule has 0 spiro atoms. The first-order valence-electron chi connectivity index (χ1n) is 12.6. The van der Waals surface area contributed by atoms with Crippen molar-refractivity contribution in [1.29, 1.82) is 0 Å². The number of para-hydroxylation sites is 1. The molecule has 1 atom stereocenters. The molecule has 0 aliphatic heterocycles. The molecule has 0 bridgehead atoms. The number of carbonyl (C=O) groups excluding carboxylic acids is 1. The first-order valence-corrected chi connectivity index (χ1v) is 13.7. The number of rotatable bonds is 20. The van der Waals surface area contributed by atoms with Crippen LogP contribution in [-0.4, -0.2) is 17.0 Å². The molecular formula is C27H46O2S. The quantitative estimate of drug-likeness (QED) is 0.116. The Balaban J connectivity index is 1.80. The number of unbranched alkanes of at least 4 members (excludes halogenated alkanes) is 15. The molecule has 1 aromatic carbocycles. The predicted molar refractivity (Wildman–Crippen MR) is 134 cm³/mol. The Morgan fingerprint density at radius 1 is 0.733 bits per heavy atom. The molecule has 2 nitrogen and oxygen atoms in total. The van der Waals surface area contributed by atoms with Crippen LogP contribution in [0.3, 0.4) is 0 Å². The van der Waals surface area contributed by atoms with Gasteiger partial charge in [0.15, 0.2) is 0 Å². The summed E-state index contributed by atoms with van der Waals surface area (Å²) in [5.41, 5.74) is 0. The molecule has 0 aromatic heterocycles. The van der Waals surface area contributed by atoms with Gasteiger partial charge >= 0.3 is 5.97 Å². The van der Waals surface area contributed by atoms with Crippen molar-refractivity contribution in [3.05, 3.63) is 30.3 Å². The Bertz CT molecular complexity index is 503. The average molecular weight is 435 g/mol. The van der Waals surface area contributed by atoms with Crippen molar-refractivity contribution >= 4 is 17.7 Å². The molecular weight excluding hydrogens is 388 g/mol. The van der Waals surface area contributed by atoms with Crippen molar-refractivity contribution in [2.45, 2.75) is 122 Å². The van der Waals surface area contributed by atoms with E-state index in [4.69, 9.17) is 4.74 Å². The summed E-state index contributed by atoms with van der Waals surface area (Å²) in [6, 6.07) is 9.34. The topological polar surface area (TPSA) is 26.3 Å². The van der Waals surface area contributed by atoms with Gasteiger partial charge in [0, 0.05) is 0 Å². The summed E-state index contributed by atoms with van der Waals surface area (Å²) in [7, 11) is 0. The average Bonchev–Trinajstić information content (AvgIpc) is 2.76. The lowest BCUT2D eigenvalue weighted by Crippen LogP contribution is -2.20. The molecule has 0 radical (unpaired) electrons. The van der Waals surface area contributed by atoms with Crippen LogP contribution in [0.15, 0.2) is 30.3 Å². The van der Waals surface area contributed by atoms with E-state index in [0.29, 0.717) is 5.75 Å². The minimum absolute atomic E-state index is 0.0958. The van der Waals surface area contributed by atoms with E-state index in [2.05, 4.69) is 6.92 Å². The predicted octanol–water partition coefficient (Wildman–Crippen LogP) is 8.98. The van der Waals surface area contributed by atoms with Gasteiger partial charge in [-0.3, -0.25) is 4.79 Å². The van der Waals surface area contributed by atoms with E-state index in [0.717, 1.165) is 5.75 Å². The highest BCUT2D eigenvalue weighted by Gasteiger charge is 2.15. The third kappa shape index (κ3) is 15.8. The highest BCUT2D eigenvalue weighted by molar-refractivity contribution is 8.00. The molecule has 1 aromatic rings. The van der Waals surface area contributed by atoms with Crippen LogP contribution in [0.25, 0.3) is 0 Å². The Hall–Kier alpha value is -0.960. The normalized spacial score (nSPS) is 12.1. The first kappa shape index (κ1) is 27.1. The minimum atomic E-state index is -0.136. The van der Waals surface area contributed by atoms with E-state index < -0.39 is 0 Å². The first-order chi connectivity index (χ1) is 14.7. The Labute approximate surface area is 190 Å². The van der Waals surface area contributed by atoms with E-state index in [1.165, 1.54) is 103 Å². The molecule has 0 fully saturated rings. The monoisotopic (exact) mass is 434 g/mol. The maximum Gasteiger partial charge on any atom is 0.324 e. The van der Waals surface area contributed by atoms with Crippen molar-refractivity contribution in [3.8, 4) is 5.75 Å². The summed E-state index contributed by atoms with van der Waals surface area (Å²) in [5, 5.41) is -0.0958. The number of esters is 1. The molecule has 0 aliphatic rings. The Morgan fingerprint density at radius 2 is 1.17 bits per heavy atom. The van der Waals surface area contributed by atoms with Crippen molar-refractivity contribution in [3.63, 3.8) is 0 Å². The van der Waals surface area contributed by atoms with Crippen LogP contribution in [0.5, 0.6) is 5.75 Å². The zero-order chi connectivity index (χ0) is 21.7. The fourth-order valence-corrected chi connectivity index (χ4v) is 4.57. The lowest BCUT2D eigenvalue weighted by molar-refractivity contribution is -0.133. The number of carbonyl (C=O) groups is 1. The number of benzene rings is 1. The number of ether oxygens (including phenoxy) is 1. The molecule has 0 saturated carbocycles. The summed E-state index contributed by atoms with van der Waals surface area (Å²) in [6.07, 6.45) is 22.3. The van der Waals surface area contributed by atoms with Gasteiger partial charge in [0.2, 0.25) is 0 Å². The molecule has 0 amide bonds. The second kappa shape index (κ2) is 20.0. The number of hydrogen-bond donors (Lipinski definition) is 0. The van der Waals surface area contributed by atoms with Gasteiger partial charge in [-0.15, -0.1) is 11.8 Å². The van der Waals surface area contributed by atoms with Crippen molar-refractivity contribution in [1.82, 2.24) is 0 Å². The zero-order valence-electron chi connectivity index (χ0n) is 19.7. The van der Waals surface area contributed by atoms with E-state index in [9.17, 15) is 4.79 Å². The molecule has 0 saturated heterocycles. The van der Waals surface area contributed by atoms with Gasteiger partial charge in [-0.1, -0.05) is 121 Å². The SMILES string of the molecule is CCCCCCCCCCCCCCCCCCSC(C)C(=O)Oc1ccccc1. The maximum absolute atomic E-state index is 12.1. The fraction of sp³-hybridized carbons (Fsp3) is 0.741. The van der Waals surface area contributed by atoms with Gasteiger partial charge in [-0.25, -0.2) is 0 Å². The van der Waals surface area contributed by atoms with Crippen LogP contribution in [0.2, 0.25) is 0 Å². The molecule has 172 valence electrons. The molecule has 3 heteroatoms. The molecule has 1 unspecified atom stereocenters. The molecule has 0 heterocycles. The number of hydrogen-bond acceptors (Lipinski definition) is 3. The van der Waals surface area contributed by atoms with E-state index in [1.54, 1.807) is 11.8 Å². The van der Waals surface area contributed by atoms with E-state index >= 15 is 0 Å². The second-order valence-corrected chi connectivity index (χ2v) is 10.00. The summed E-state index contributed by atoms with van der Waals surface area (Å²) >= 11 is 1.72. The highest BCUT2D eigenvalue weighted by atomic mass is 32.2. The summed E-state index contributed by atoms with van der Waals surface area (Å²) in [5.74, 6) is 1.55. The van der Waals surface area contributed by atoms with Crippen LogP contribution < -0.4 is 4.74 Å². The van der Waals surface area contributed by atoms with Crippen molar-refractivity contribution in [2.24, 2.45) is 0 Å². The van der Waals surface area contributed by atoms with Crippen LogP contribution >= 0.6 is 11.8 Å². The molecule has 0 aliphatic carbocycles. The second-order valence-electron chi connectivity index (χ2n) is 8.55. The lowest BCUT2D eigenvalue weighted by atomic mass is 10.0. The van der Waals surface area contributed by atoms with Crippen LogP contribution in [0.1, 0.15) is 117 Å². The number of thioether (sulfide) groups is 1. The summed E-state index contributed by atoms with van der Waals surface area (Å²) in [4.78, 5) is 12.1. The molecule has 30 heavy (non-hydrogen) atoms. The standard InChI is InChI=1S/C27H46O2S/c1-3-4-5-6-7-8-9-10-11-12-13-14-15-16-17-21-24-30-25(2)27(28)29-26-22-19-18-20-23-26/h18-20,22-23,25H,3-17,21,24H2,1-2H3. The van der Waals surface area contributed by atoms with Gasteiger partial charge in [0.1, 0.15) is 11.0 Å². The minimum Gasteiger partial charge on any atom is -0.426 e. The summed E-state index contributed by atoms with van der Waals surface area (Å²) < 4.78 is 5.40. The Morgan fingerprint density at radius 3 is 1.63 bits per heavy atom. The largest absolute Gasteiger partial charge is 0.426 e. The van der Waals surface area contributed by atoms with Gasteiger partial charge in [-0.2, -0.15) is 0 Å². The van der Waals surface area contributed by atoms with Crippen molar-refractivity contribution in [2.75, 3.05) is 5.75 Å². The molecule has 1 rings (SSSR count). The Kier molecular flexibility index (Phi) is 18.0. The smallest absolute Gasteiger partial charge is 0.324 e. The van der Waals surface area contributed by atoms with Gasteiger partial charge < -0.3 is 4.74 Å². The zero-order valence-corrected chi connectivity index (χ0v) is 20.5. The van der Waals surface area contributed by atoms with Gasteiger partial charge in [-0.05, 0) is 31.2 Å². The third-order valence-corrected chi connectivity index (χ3v) is 6.88. The van der Waals surface area contributed by atoms with Crippen LogP contribution in [0.4, 0.5) is 0 Å². The van der Waals surface area contributed by atoms with Crippen molar-refractivity contribution < 1.29 is 9.53 Å². The highest BCUT2D eigenvalue weighted by Crippen LogP contribution is 2.18. The summed E-state index contributed by atoms with van der Waals surface area (Å²) in [6.45, 7) is 4.23. The van der Waals surface area contributed by atoms with Gasteiger partial charge in [0.25, 0.3) is 0 Å². The lowest BCUT2D eigenvalue weighted by Gasteiger charge is -2.10. The maximum atomic E-state index is 12.1. The van der Waals surface area contributed by atoms with Crippen LogP contribution in [0, 0.1) is 0 Å². The fourth-order valence-electron chi connectivity index (χ4n) is 3.67. The van der Waals surface area contributed by atoms with E-state index in [-0.39, 0.29) is 11.2 Å². The van der Waals surface area contributed by atoms with Gasteiger partial charge in [0.05, 0.1) is 0 Å².